The lowest BCUT2D eigenvalue weighted by atomic mass is 10.4. The topological polar surface area (TPSA) is 26.3 Å². The summed E-state index contributed by atoms with van der Waals surface area (Å²) in [6.07, 6.45) is 0. The number of carbonyl (C=O) groups excluding carboxylic acids is 1. The highest BCUT2D eigenvalue weighted by Crippen LogP contribution is 2.18. The first-order valence-electron chi connectivity index (χ1n) is 5.24. The highest BCUT2D eigenvalue weighted by molar-refractivity contribution is 8.03. The molecule has 0 heterocycles. The smallest absolute Gasteiger partial charge is 0.315 e. The summed E-state index contributed by atoms with van der Waals surface area (Å²) in [7, 11) is 0. The van der Waals surface area contributed by atoms with Crippen molar-refractivity contribution in [3.63, 3.8) is 0 Å². The van der Waals surface area contributed by atoms with E-state index in [1.807, 2.05) is 36.9 Å². The van der Waals surface area contributed by atoms with Crippen molar-refractivity contribution in [2.24, 2.45) is 0 Å². The van der Waals surface area contributed by atoms with Crippen LogP contribution in [0.4, 0.5) is 0 Å². The lowest BCUT2D eigenvalue weighted by Gasteiger charge is -2.02. The summed E-state index contributed by atoms with van der Waals surface area (Å²) in [5, 5.41) is 0. The van der Waals surface area contributed by atoms with Gasteiger partial charge in [0.15, 0.2) is 0 Å². The zero-order chi connectivity index (χ0) is 11.6. The lowest BCUT2D eigenvalue weighted by molar-refractivity contribution is -0.139. The second-order valence-corrected chi connectivity index (χ2v) is 5.29. The first-order chi connectivity index (χ1) is 7.83. The zero-order valence-electron chi connectivity index (χ0n) is 9.35. The Kier molecular flexibility index (Phi) is 7.17. The van der Waals surface area contributed by atoms with Gasteiger partial charge >= 0.3 is 5.97 Å². The number of ether oxygens (including phenoxy) is 1. The van der Waals surface area contributed by atoms with Gasteiger partial charge in [0.2, 0.25) is 0 Å². The number of hydrogen-bond donors (Lipinski definition) is 0. The van der Waals surface area contributed by atoms with Gasteiger partial charge < -0.3 is 4.74 Å². The van der Waals surface area contributed by atoms with Crippen molar-refractivity contribution in [3.05, 3.63) is 30.3 Å². The average molecular weight is 256 g/mol. The van der Waals surface area contributed by atoms with Crippen molar-refractivity contribution in [2.45, 2.75) is 11.8 Å². The van der Waals surface area contributed by atoms with E-state index in [1.165, 1.54) is 4.90 Å². The number of thioether (sulfide) groups is 2. The average Bonchev–Trinajstić information content (AvgIpc) is 2.30. The van der Waals surface area contributed by atoms with Crippen LogP contribution in [0, 0.1) is 0 Å². The first kappa shape index (κ1) is 13.5. The first-order valence-corrected chi connectivity index (χ1v) is 7.38. The molecule has 0 N–H and O–H groups in total. The molecule has 0 aliphatic rings. The van der Waals surface area contributed by atoms with Gasteiger partial charge in [0, 0.05) is 16.4 Å². The van der Waals surface area contributed by atoms with E-state index in [9.17, 15) is 4.79 Å². The summed E-state index contributed by atoms with van der Waals surface area (Å²) >= 11 is 3.44. The molecule has 0 spiro atoms. The highest BCUT2D eigenvalue weighted by atomic mass is 32.2. The van der Waals surface area contributed by atoms with Crippen LogP contribution in [0.2, 0.25) is 0 Å². The molecule has 2 nitrogen and oxygen atoms in total. The van der Waals surface area contributed by atoms with Gasteiger partial charge in [-0.3, -0.25) is 4.79 Å². The molecule has 0 fully saturated rings. The summed E-state index contributed by atoms with van der Waals surface area (Å²) in [5.74, 6) is 2.34. The molecule has 0 unspecified atom stereocenters. The van der Waals surface area contributed by atoms with Crippen LogP contribution in [0.5, 0.6) is 0 Å². The van der Waals surface area contributed by atoms with E-state index in [1.54, 1.807) is 11.8 Å². The van der Waals surface area contributed by atoms with Crippen molar-refractivity contribution in [2.75, 3.05) is 23.9 Å². The monoisotopic (exact) mass is 256 g/mol. The Labute approximate surface area is 105 Å². The standard InChI is InChI=1S/C12H16O2S2/c1-2-14-12(13)10-15-8-9-16-11-6-4-3-5-7-11/h3-7H,2,8-10H2,1H3. The molecule has 16 heavy (non-hydrogen) atoms. The molecule has 0 aliphatic carbocycles. The van der Waals surface area contributed by atoms with Gasteiger partial charge in [-0.1, -0.05) is 18.2 Å². The molecule has 0 saturated heterocycles. The third-order valence-corrected chi connectivity index (χ3v) is 3.97. The van der Waals surface area contributed by atoms with Gasteiger partial charge in [-0.05, 0) is 19.1 Å². The van der Waals surface area contributed by atoms with Crippen molar-refractivity contribution in [3.8, 4) is 0 Å². The molecule has 0 aromatic heterocycles. The minimum Gasteiger partial charge on any atom is -0.465 e. The molecule has 4 heteroatoms. The van der Waals surface area contributed by atoms with Gasteiger partial charge in [0.05, 0.1) is 12.4 Å². The summed E-state index contributed by atoms with van der Waals surface area (Å²) in [5.41, 5.74) is 0. The third kappa shape index (κ3) is 6.08. The Hall–Kier alpha value is -0.610. The molecule has 0 saturated carbocycles. The Morgan fingerprint density at radius 3 is 2.69 bits per heavy atom. The summed E-state index contributed by atoms with van der Waals surface area (Å²) in [4.78, 5) is 12.3. The van der Waals surface area contributed by atoms with E-state index in [2.05, 4.69) is 12.1 Å². The van der Waals surface area contributed by atoms with Gasteiger partial charge in [0.25, 0.3) is 0 Å². The van der Waals surface area contributed by atoms with Crippen molar-refractivity contribution in [1.82, 2.24) is 0 Å². The molecule has 0 aliphatic heterocycles. The van der Waals surface area contributed by atoms with Crippen LogP contribution in [-0.2, 0) is 9.53 Å². The van der Waals surface area contributed by atoms with Crippen LogP contribution in [0.25, 0.3) is 0 Å². The SMILES string of the molecule is CCOC(=O)CSCCSc1ccccc1. The normalized spacial score (nSPS) is 10.1. The number of hydrogen-bond acceptors (Lipinski definition) is 4. The van der Waals surface area contributed by atoms with Gasteiger partial charge in [-0.15, -0.1) is 23.5 Å². The van der Waals surface area contributed by atoms with Gasteiger partial charge in [0.1, 0.15) is 0 Å². The summed E-state index contributed by atoms with van der Waals surface area (Å²) in [6.45, 7) is 2.30. The minimum absolute atomic E-state index is 0.114. The maximum atomic E-state index is 11.0. The Balaban J connectivity index is 2.02. The van der Waals surface area contributed by atoms with E-state index >= 15 is 0 Å². The zero-order valence-corrected chi connectivity index (χ0v) is 11.0. The Morgan fingerprint density at radius 1 is 1.25 bits per heavy atom. The van der Waals surface area contributed by atoms with Crippen LogP contribution in [0.3, 0.4) is 0 Å². The Morgan fingerprint density at radius 2 is 2.00 bits per heavy atom. The molecular formula is C12H16O2S2. The van der Waals surface area contributed by atoms with Crippen molar-refractivity contribution >= 4 is 29.5 Å². The predicted octanol–water partition coefficient (Wildman–Crippen LogP) is 3.08. The summed E-state index contributed by atoms with van der Waals surface area (Å²) < 4.78 is 4.84. The largest absolute Gasteiger partial charge is 0.465 e. The van der Waals surface area contributed by atoms with Gasteiger partial charge in [-0.25, -0.2) is 0 Å². The number of benzene rings is 1. The van der Waals surface area contributed by atoms with Crippen molar-refractivity contribution < 1.29 is 9.53 Å². The number of esters is 1. The van der Waals surface area contributed by atoms with Gasteiger partial charge in [-0.2, -0.15) is 0 Å². The molecule has 1 aromatic carbocycles. The fourth-order valence-electron chi connectivity index (χ4n) is 1.09. The molecule has 1 aromatic rings. The van der Waals surface area contributed by atoms with E-state index in [4.69, 9.17) is 4.74 Å². The lowest BCUT2D eigenvalue weighted by Crippen LogP contribution is -2.07. The van der Waals surface area contributed by atoms with Crippen molar-refractivity contribution in [1.29, 1.82) is 0 Å². The molecule has 88 valence electrons. The molecule has 0 radical (unpaired) electrons. The molecule has 0 atom stereocenters. The summed E-state index contributed by atoms with van der Waals surface area (Å²) in [6, 6.07) is 10.3. The van der Waals surface area contributed by atoms with Crippen LogP contribution in [-0.4, -0.2) is 29.8 Å². The number of carbonyl (C=O) groups is 1. The van der Waals surface area contributed by atoms with E-state index in [-0.39, 0.29) is 5.97 Å². The fourth-order valence-corrected chi connectivity index (χ4v) is 2.88. The second-order valence-electron chi connectivity index (χ2n) is 3.02. The predicted molar refractivity (Wildman–Crippen MR) is 71.1 cm³/mol. The quantitative estimate of drug-likeness (QED) is 0.425. The molecular weight excluding hydrogens is 240 g/mol. The number of rotatable bonds is 7. The van der Waals surface area contributed by atoms with E-state index in [0.29, 0.717) is 12.4 Å². The van der Waals surface area contributed by atoms with Crippen LogP contribution < -0.4 is 0 Å². The molecule has 1 rings (SSSR count). The highest BCUT2D eigenvalue weighted by Gasteiger charge is 2.01. The van der Waals surface area contributed by atoms with Crippen LogP contribution in [0.15, 0.2) is 35.2 Å². The van der Waals surface area contributed by atoms with Crippen LogP contribution >= 0.6 is 23.5 Å². The molecule has 0 amide bonds. The Bertz CT molecular complexity index is 301. The maximum absolute atomic E-state index is 11.0. The van der Waals surface area contributed by atoms with E-state index < -0.39 is 0 Å². The van der Waals surface area contributed by atoms with Crippen LogP contribution in [0.1, 0.15) is 6.92 Å². The second kappa shape index (κ2) is 8.53. The fraction of sp³-hybridized carbons (Fsp3) is 0.417. The third-order valence-electron chi connectivity index (χ3n) is 1.76. The molecule has 0 bridgehead atoms. The maximum Gasteiger partial charge on any atom is 0.315 e. The minimum atomic E-state index is -0.114. The van der Waals surface area contributed by atoms with E-state index in [0.717, 1.165) is 11.5 Å².